The fraction of sp³-hybridized carbons (Fsp3) is 0.438. The van der Waals surface area contributed by atoms with Crippen molar-refractivity contribution < 1.29 is 0 Å². The quantitative estimate of drug-likeness (QED) is 0.887. The fourth-order valence-corrected chi connectivity index (χ4v) is 3.47. The van der Waals surface area contributed by atoms with Gasteiger partial charge in [-0.05, 0) is 59.9 Å². The van der Waals surface area contributed by atoms with Crippen LogP contribution in [0.4, 0.5) is 0 Å². The molecular weight excluding hydrogens is 266 g/mol. The van der Waals surface area contributed by atoms with Gasteiger partial charge >= 0.3 is 0 Å². The Labute approximate surface area is 124 Å². The highest BCUT2D eigenvalue weighted by Gasteiger charge is 2.36. The van der Waals surface area contributed by atoms with E-state index in [1.165, 1.54) is 24.0 Å². The zero-order valence-electron chi connectivity index (χ0n) is 11.8. The maximum Gasteiger partial charge on any atom is 0.0504 e. The number of nitrogens with zero attached hydrogens (tertiary/aromatic N) is 2. The standard InChI is InChI=1S/C16H21N3S/c1-12(17)16(14-4-7-18-8-5-14)19(15-2-3-15)10-13-6-9-20-11-13/h4-9,11-12,15-16H,2-3,10,17H2,1H3. The normalized spacial score (nSPS) is 18.1. The summed E-state index contributed by atoms with van der Waals surface area (Å²) in [4.78, 5) is 6.70. The molecule has 2 heterocycles. The number of nitrogens with two attached hydrogens (primary N) is 1. The lowest BCUT2D eigenvalue weighted by atomic mass is 9.99. The van der Waals surface area contributed by atoms with Crippen molar-refractivity contribution >= 4 is 11.3 Å². The third-order valence-electron chi connectivity index (χ3n) is 3.86. The molecule has 0 aliphatic heterocycles. The summed E-state index contributed by atoms with van der Waals surface area (Å²) in [7, 11) is 0. The Kier molecular flexibility index (Phi) is 4.15. The smallest absolute Gasteiger partial charge is 0.0504 e. The summed E-state index contributed by atoms with van der Waals surface area (Å²) >= 11 is 1.76. The zero-order valence-corrected chi connectivity index (χ0v) is 12.6. The summed E-state index contributed by atoms with van der Waals surface area (Å²) in [5.41, 5.74) is 8.97. The molecule has 2 atom stereocenters. The van der Waals surface area contributed by atoms with Crippen LogP contribution < -0.4 is 5.73 Å². The molecule has 1 aliphatic rings. The van der Waals surface area contributed by atoms with E-state index in [4.69, 9.17) is 5.73 Å². The highest BCUT2D eigenvalue weighted by atomic mass is 32.1. The Bertz CT molecular complexity index is 520. The average molecular weight is 287 g/mol. The van der Waals surface area contributed by atoms with Crippen molar-refractivity contribution in [1.82, 2.24) is 9.88 Å². The van der Waals surface area contributed by atoms with Gasteiger partial charge in [0.1, 0.15) is 0 Å². The van der Waals surface area contributed by atoms with Crippen LogP contribution in [0, 0.1) is 0 Å². The lowest BCUT2D eigenvalue weighted by Gasteiger charge is -2.34. The number of rotatable bonds is 6. The van der Waals surface area contributed by atoms with Crippen LogP contribution >= 0.6 is 11.3 Å². The van der Waals surface area contributed by atoms with E-state index in [1.807, 2.05) is 12.4 Å². The van der Waals surface area contributed by atoms with Crippen molar-refractivity contribution in [3.8, 4) is 0 Å². The predicted molar refractivity (Wildman–Crippen MR) is 83.5 cm³/mol. The van der Waals surface area contributed by atoms with Gasteiger partial charge in [0.15, 0.2) is 0 Å². The minimum atomic E-state index is 0.108. The first kappa shape index (κ1) is 13.7. The molecule has 2 aromatic heterocycles. The molecule has 3 nitrogen and oxygen atoms in total. The van der Waals surface area contributed by atoms with Gasteiger partial charge in [0.2, 0.25) is 0 Å². The van der Waals surface area contributed by atoms with Crippen LogP contribution in [0.25, 0.3) is 0 Å². The molecule has 20 heavy (non-hydrogen) atoms. The monoisotopic (exact) mass is 287 g/mol. The molecule has 1 saturated carbocycles. The molecule has 2 N–H and O–H groups in total. The minimum absolute atomic E-state index is 0.108. The largest absolute Gasteiger partial charge is 0.326 e. The van der Waals surface area contributed by atoms with E-state index in [-0.39, 0.29) is 12.1 Å². The first-order valence-electron chi connectivity index (χ1n) is 7.18. The third kappa shape index (κ3) is 3.08. The summed E-state index contributed by atoms with van der Waals surface area (Å²) in [5.74, 6) is 0. The Balaban J connectivity index is 1.86. The second-order valence-electron chi connectivity index (χ2n) is 5.62. The van der Waals surface area contributed by atoms with Gasteiger partial charge in [0, 0.05) is 31.0 Å². The maximum atomic E-state index is 6.30. The van der Waals surface area contributed by atoms with Gasteiger partial charge in [-0.1, -0.05) is 0 Å². The van der Waals surface area contributed by atoms with Crippen LogP contribution in [0.15, 0.2) is 41.4 Å². The first-order valence-corrected chi connectivity index (χ1v) is 8.12. The van der Waals surface area contributed by atoms with Gasteiger partial charge in [0.25, 0.3) is 0 Å². The molecule has 0 bridgehead atoms. The van der Waals surface area contributed by atoms with Gasteiger partial charge in [-0.2, -0.15) is 11.3 Å². The summed E-state index contributed by atoms with van der Waals surface area (Å²) in [5, 5.41) is 4.38. The summed E-state index contributed by atoms with van der Waals surface area (Å²) in [6.45, 7) is 3.09. The van der Waals surface area contributed by atoms with Crippen LogP contribution in [-0.4, -0.2) is 22.0 Å². The van der Waals surface area contributed by atoms with Gasteiger partial charge in [-0.3, -0.25) is 9.88 Å². The Morgan fingerprint density at radius 3 is 2.65 bits per heavy atom. The SMILES string of the molecule is CC(N)C(c1ccncc1)N(Cc1ccsc1)C1CC1. The Morgan fingerprint density at radius 2 is 2.10 bits per heavy atom. The van der Waals surface area contributed by atoms with E-state index < -0.39 is 0 Å². The zero-order chi connectivity index (χ0) is 13.9. The molecule has 106 valence electrons. The predicted octanol–water partition coefficient (Wildman–Crippen LogP) is 3.20. The molecule has 0 amide bonds. The lowest BCUT2D eigenvalue weighted by molar-refractivity contribution is 0.157. The van der Waals surface area contributed by atoms with Gasteiger partial charge in [0.05, 0.1) is 6.04 Å². The minimum Gasteiger partial charge on any atom is -0.326 e. The molecule has 1 aliphatic carbocycles. The molecule has 0 radical (unpaired) electrons. The summed E-state index contributed by atoms with van der Waals surface area (Å²) < 4.78 is 0. The molecule has 0 spiro atoms. The van der Waals surface area contributed by atoms with Gasteiger partial charge in [-0.15, -0.1) is 0 Å². The van der Waals surface area contributed by atoms with Gasteiger partial charge in [-0.25, -0.2) is 0 Å². The van der Waals surface area contributed by atoms with Crippen molar-refractivity contribution in [2.24, 2.45) is 5.73 Å². The van der Waals surface area contributed by atoms with E-state index in [2.05, 4.69) is 45.8 Å². The number of thiophene rings is 1. The van der Waals surface area contributed by atoms with Crippen LogP contribution in [0.2, 0.25) is 0 Å². The van der Waals surface area contributed by atoms with Crippen molar-refractivity contribution in [1.29, 1.82) is 0 Å². The van der Waals surface area contributed by atoms with Crippen LogP contribution in [0.3, 0.4) is 0 Å². The average Bonchev–Trinajstić information content (AvgIpc) is 3.17. The number of hydrogen-bond acceptors (Lipinski definition) is 4. The molecule has 0 aromatic carbocycles. The molecule has 2 aromatic rings. The van der Waals surface area contributed by atoms with E-state index in [0.29, 0.717) is 6.04 Å². The van der Waals surface area contributed by atoms with E-state index in [0.717, 1.165) is 6.54 Å². The van der Waals surface area contributed by atoms with E-state index in [1.54, 1.807) is 11.3 Å². The summed E-state index contributed by atoms with van der Waals surface area (Å²) in [6, 6.07) is 7.46. The molecule has 1 fully saturated rings. The van der Waals surface area contributed by atoms with Crippen LogP contribution in [-0.2, 0) is 6.54 Å². The van der Waals surface area contributed by atoms with Crippen LogP contribution in [0.1, 0.15) is 36.9 Å². The third-order valence-corrected chi connectivity index (χ3v) is 4.60. The molecular formula is C16H21N3S. The van der Waals surface area contributed by atoms with E-state index >= 15 is 0 Å². The fourth-order valence-electron chi connectivity index (χ4n) is 2.81. The molecule has 0 saturated heterocycles. The second kappa shape index (κ2) is 6.04. The first-order chi connectivity index (χ1) is 9.75. The Hall–Kier alpha value is -1.23. The molecule has 2 unspecified atom stereocenters. The number of hydrogen-bond donors (Lipinski definition) is 1. The highest BCUT2D eigenvalue weighted by molar-refractivity contribution is 7.07. The molecule has 3 rings (SSSR count). The van der Waals surface area contributed by atoms with Crippen molar-refractivity contribution in [3.05, 3.63) is 52.5 Å². The Morgan fingerprint density at radius 1 is 1.35 bits per heavy atom. The van der Waals surface area contributed by atoms with Crippen molar-refractivity contribution in [2.45, 2.75) is 44.4 Å². The number of pyridine rings is 1. The van der Waals surface area contributed by atoms with Crippen molar-refractivity contribution in [2.75, 3.05) is 0 Å². The summed E-state index contributed by atoms with van der Waals surface area (Å²) in [6.07, 6.45) is 6.30. The second-order valence-corrected chi connectivity index (χ2v) is 6.40. The van der Waals surface area contributed by atoms with E-state index in [9.17, 15) is 0 Å². The highest BCUT2D eigenvalue weighted by Crippen LogP contribution is 2.37. The van der Waals surface area contributed by atoms with Crippen LogP contribution in [0.5, 0.6) is 0 Å². The number of aromatic nitrogens is 1. The van der Waals surface area contributed by atoms with Gasteiger partial charge < -0.3 is 5.73 Å². The topological polar surface area (TPSA) is 42.1 Å². The maximum absolute atomic E-state index is 6.30. The molecule has 4 heteroatoms. The van der Waals surface area contributed by atoms with Crippen molar-refractivity contribution in [3.63, 3.8) is 0 Å². The lowest BCUT2D eigenvalue weighted by Crippen LogP contribution is -2.40.